The Morgan fingerprint density at radius 1 is 1.63 bits per heavy atom. The molecule has 1 aromatic heterocycles. The lowest BCUT2D eigenvalue weighted by Crippen LogP contribution is -2.48. The van der Waals surface area contributed by atoms with Gasteiger partial charge in [0.15, 0.2) is 0 Å². The molecule has 0 bridgehead atoms. The van der Waals surface area contributed by atoms with Crippen LogP contribution in [-0.4, -0.2) is 27.3 Å². The molecule has 2 atom stereocenters. The van der Waals surface area contributed by atoms with Crippen LogP contribution < -0.4 is 5.32 Å². The third kappa shape index (κ3) is 3.92. The van der Waals surface area contributed by atoms with E-state index in [0.29, 0.717) is 5.25 Å². The number of nitriles is 1. The molecule has 5 heteroatoms. The maximum atomic E-state index is 9.50. The Kier molecular flexibility index (Phi) is 5.17. The molecule has 1 aliphatic rings. The molecule has 0 spiro atoms. The van der Waals surface area contributed by atoms with Gasteiger partial charge in [-0.2, -0.15) is 5.26 Å². The molecule has 19 heavy (non-hydrogen) atoms. The van der Waals surface area contributed by atoms with E-state index >= 15 is 0 Å². The van der Waals surface area contributed by atoms with Crippen LogP contribution in [0, 0.1) is 11.3 Å². The van der Waals surface area contributed by atoms with Crippen LogP contribution >= 0.6 is 11.8 Å². The first-order chi connectivity index (χ1) is 9.28. The number of hydrogen-bond acceptors (Lipinski definition) is 5. The van der Waals surface area contributed by atoms with Gasteiger partial charge in [0, 0.05) is 11.4 Å². The summed E-state index contributed by atoms with van der Waals surface area (Å²) in [5, 5.41) is 14.4. The molecule has 1 aliphatic carbocycles. The summed E-state index contributed by atoms with van der Waals surface area (Å²) < 4.78 is 0. The maximum absolute atomic E-state index is 9.50. The SMILES string of the molecule is CCCNC1(C#N)CCCC(Sc2ccncn2)C1. The van der Waals surface area contributed by atoms with Crippen LogP contribution in [0.15, 0.2) is 23.6 Å². The zero-order valence-corrected chi connectivity index (χ0v) is 12.1. The smallest absolute Gasteiger partial charge is 0.116 e. The average molecular weight is 276 g/mol. The van der Waals surface area contributed by atoms with Crippen molar-refractivity contribution in [2.45, 2.75) is 54.8 Å². The zero-order valence-electron chi connectivity index (χ0n) is 11.3. The van der Waals surface area contributed by atoms with Crippen LogP contribution in [0.25, 0.3) is 0 Å². The maximum Gasteiger partial charge on any atom is 0.116 e. The molecule has 4 nitrogen and oxygen atoms in total. The van der Waals surface area contributed by atoms with Gasteiger partial charge in [-0.05, 0) is 44.7 Å². The third-order valence-electron chi connectivity index (χ3n) is 3.48. The molecule has 0 aromatic carbocycles. The molecule has 2 unspecified atom stereocenters. The molecular weight excluding hydrogens is 256 g/mol. The van der Waals surface area contributed by atoms with Crippen molar-refractivity contribution in [1.82, 2.24) is 15.3 Å². The van der Waals surface area contributed by atoms with E-state index < -0.39 is 0 Å². The monoisotopic (exact) mass is 276 g/mol. The first kappa shape index (κ1) is 14.3. The topological polar surface area (TPSA) is 61.6 Å². The van der Waals surface area contributed by atoms with Gasteiger partial charge in [0.25, 0.3) is 0 Å². The van der Waals surface area contributed by atoms with Crippen LogP contribution in [0.5, 0.6) is 0 Å². The number of nitrogens with one attached hydrogen (secondary N) is 1. The molecule has 0 aliphatic heterocycles. The Hall–Kier alpha value is -1.12. The van der Waals surface area contributed by atoms with Crippen molar-refractivity contribution in [3.63, 3.8) is 0 Å². The number of thioether (sulfide) groups is 1. The standard InChI is InChI=1S/C14H20N4S/c1-2-7-18-14(10-15)6-3-4-12(9-14)19-13-5-8-16-11-17-13/h5,8,11-12,18H,2-4,6-7,9H2,1H3. The van der Waals surface area contributed by atoms with Crippen molar-refractivity contribution in [2.75, 3.05) is 6.54 Å². The number of aromatic nitrogens is 2. The van der Waals surface area contributed by atoms with Crippen molar-refractivity contribution in [3.8, 4) is 6.07 Å². The predicted octanol–water partition coefficient (Wildman–Crippen LogP) is 2.77. The largest absolute Gasteiger partial charge is 0.299 e. The predicted molar refractivity (Wildman–Crippen MR) is 76.8 cm³/mol. The minimum absolute atomic E-state index is 0.334. The highest BCUT2D eigenvalue weighted by Crippen LogP contribution is 2.37. The second-order valence-corrected chi connectivity index (χ2v) is 6.33. The Morgan fingerprint density at radius 2 is 2.53 bits per heavy atom. The molecular formula is C14H20N4S. The van der Waals surface area contributed by atoms with Gasteiger partial charge in [-0.15, -0.1) is 11.8 Å². The molecule has 1 aromatic rings. The van der Waals surface area contributed by atoms with Gasteiger partial charge < -0.3 is 0 Å². The van der Waals surface area contributed by atoms with Gasteiger partial charge in [0.1, 0.15) is 11.9 Å². The Morgan fingerprint density at radius 3 is 3.21 bits per heavy atom. The van der Waals surface area contributed by atoms with Gasteiger partial charge >= 0.3 is 0 Å². The zero-order chi connectivity index (χ0) is 13.6. The summed E-state index contributed by atoms with van der Waals surface area (Å²) in [4.78, 5) is 8.19. The molecule has 0 saturated heterocycles. The van der Waals surface area contributed by atoms with Gasteiger partial charge in [0.2, 0.25) is 0 Å². The highest BCUT2D eigenvalue weighted by Gasteiger charge is 2.36. The quantitative estimate of drug-likeness (QED) is 0.838. The van der Waals surface area contributed by atoms with E-state index in [2.05, 4.69) is 28.3 Å². The fourth-order valence-corrected chi connectivity index (χ4v) is 3.75. The third-order valence-corrected chi connectivity index (χ3v) is 4.69. The van der Waals surface area contributed by atoms with Crippen molar-refractivity contribution in [1.29, 1.82) is 5.26 Å². The van der Waals surface area contributed by atoms with Gasteiger partial charge in [-0.25, -0.2) is 9.97 Å². The Balaban J connectivity index is 1.98. The van der Waals surface area contributed by atoms with E-state index in [9.17, 15) is 5.26 Å². The van der Waals surface area contributed by atoms with Crippen molar-refractivity contribution >= 4 is 11.8 Å². The molecule has 0 radical (unpaired) electrons. The van der Waals surface area contributed by atoms with E-state index in [1.807, 2.05) is 6.07 Å². The van der Waals surface area contributed by atoms with Crippen LogP contribution in [0.3, 0.4) is 0 Å². The Labute approximate surface area is 119 Å². The molecule has 2 rings (SSSR count). The van der Waals surface area contributed by atoms with E-state index in [-0.39, 0.29) is 5.54 Å². The molecule has 102 valence electrons. The first-order valence-corrected chi connectivity index (χ1v) is 7.75. The summed E-state index contributed by atoms with van der Waals surface area (Å²) in [6, 6.07) is 4.45. The molecule has 1 saturated carbocycles. The summed E-state index contributed by atoms with van der Waals surface area (Å²) in [7, 11) is 0. The number of rotatable bonds is 5. The number of hydrogen-bond donors (Lipinski definition) is 1. The van der Waals surface area contributed by atoms with Crippen LogP contribution in [-0.2, 0) is 0 Å². The first-order valence-electron chi connectivity index (χ1n) is 6.87. The van der Waals surface area contributed by atoms with Crippen LogP contribution in [0.1, 0.15) is 39.0 Å². The van der Waals surface area contributed by atoms with Gasteiger partial charge in [-0.1, -0.05) is 6.92 Å². The van der Waals surface area contributed by atoms with Crippen molar-refractivity contribution in [3.05, 3.63) is 18.6 Å². The lowest BCUT2D eigenvalue weighted by molar-refractivity contribution is 0.304. The van der Waals surface area contributed by atoms with E-state index in [1.54, 1.807) is 24.3 Å². The molecule has 0 amide bonds. The minimum Gasteiger partial charge on any atom is -0.299 e. The lowest BCUT2D eigenvalue weighted by atomic mass is 9.82. The summed E-state index contributed by atoms with van der Waals surface area (Å²) in [6.07, 6.45) is 8.54. The fourth-order valence-electron chi connectivity index (χ4n) is 2.51. The highest BCUT2D eigenvalue weighted by molar-refractivity contribution is 7.99. The fraction of sp³-hybridized carbons (Fsp3) is 0.643. The van der Waals surface area contributed by atoms with E-state index in [4.69, 9.17) is 0 Å². The van der Waals surface area contributed by atoms with Gasteiger partial charge in [0.05, 0.1) is 11.1 Å². The van der Waals surface area contributed by atoms with Crippen LogP contribution in [0.4, 0.5) is 0 Å². The molecule has 1 N–H and O–H groups in total. The summed E-state index contributed by atoms with van der Waals surface area (Å²) in [5.41, 5.74) is -0.334. The minimum atomic E-state index is -0.334. The summed E-state index contributed by atoms with van der Waals surface area (Å²) >= 11 is 1.77. The second-order valence-electron chi connectivity index (χ2n) is 5.00. The molecule has 1 fully saturated rings. The Bertz CT molecular complexity index is 431. The second kappa shape index (κ2) is 6.88. The average Bonchev–Trinajstić information content (AvgIpc) is 2.46. The van der Waals surface area contributed by atoms with E-state index in [0.717, 1.165) is 43.7 Å². The molecule has 1 heterocycles. The van der Waals surface area contributed by atoms with Crippen molar-refractivity contribution in [2.24, 2.45) is 0 Å². The van der Waals surface area contributed by atoms with Crippen molar-refractivity contribution < 1.29 is 0 Å². The highest BCUT2D eigenvalue weighted by atomic mass is 32.2. The summed E-state index contributed by atoms with van der Waals surface area (Å²) in [5.74, 6) is 0. The lowest BCUT2D eigenvalue weighted by Gasteiger charge is -2.36. The van der Waals surface area contributed by atoms with E-state index in [1.165, 1.54) is 0 Å². The van der Waals surface area contributed by atoms with Gasteiger partial charge in [-0.3, -0.25) is 5.32 Å². The summed E-state index contributed by atoms with van der Waals surface area (Å²) in [6.45, 7) is 3.05. The number of nitrogens with zero attached hydrogens (tertiary/aromatic N) is 3. The van der Waals surface area contributed by atoms with Crippen LogP contribution in [0.2, 0.25) is 0 Å². The normalized spacial score (nSPS) is 26.8.